The average molecular weight is 346 g/mol. The molecule has 4 rings (SSSR count). The van der Waals surface area contributed by atoms with Gasteiger partial charge in [0.2, 0.25) is 0 Å². The predicted octanol–water partition coefficient (Wildman–Crippen LogP) is 2.69. The highest BCUT2D eigenvalue weighted by Gasteiger charge is 2.14. The lowest BCUT2D eigenvalue weighted by Crippen LogP contribution is -2.27. The molecule has 0 saturated carbocycles. The lowest BCUT2D eigenvalue weighted by atomic mass is 10.1. The van der Waals surface area contributed by atoms with Crippen LogP contribution in [-0.2, 0) is 6.54 Å². The molecular formula is C19H18N6O. The third-order valence-corrected chi connectivity index (χ3v) is 4.19. The van der Waals surface area contributed by atoms with Gasteiger partial charge in [-0.2, -0.15) is 5.10 Å². The number of hydrogen-bond acceptors (Lipinski definition) is 4. The maximum absolute atomic E-state index is 12.5. The van der Waals surface area contributed by atoms with Crippen LogP contribution < -0.4 is 5.32 Å². The van der Waals surface area contributed by atoms with Crippen LogP contribution in [0.2, 0.25) is 0 Å². The summed E-state index contributed by atoms with van der Waals surface area (Å²) in [5, 5.41) is 7.05. The number of amides is 1. The van der Waals surface area contributed by atoms with Gasteiger partial charge in [0.25, 0.3) is 5.91 Å². The average Bonchev–Trinajstić information content (AvgIpc) is 3.31. The summed E-state index contributed by atoms with van der Waals surface area (Å²) >= 11 is 0. The molecule has 2 aromatic carbocycles. The Kier molecular flexibility index (Phi) is 4.18. The van der Waals surface area contributed by atoms with Crippen LogP contribution in [0.5, 0.6) is 0 Å². The van der Waals surface area contributed by atoms with Crippen LogP contribution in [0, 0.1) is 0 Å². The van der Waals surface area contributed by atoms with Crippen LogP contribution >= 0.6 is 0 Å². The van der Waals surface area contributed by atoms with Gasteiger partial charge < -0.3 is 10.3 Å². The van der Waals surface area contributed by atoms with Crippen molar-refractivity contribution in [1.82, 2.24) is 30.0 Å². The second kappa shape index (κ2) is 6.79. The van der Waals surface area contributed by atoms with Crippen molar-refractivity contribution in [1.29, 1.82) is 0 Å². The molecular weight excluding hydrogens is 328 g/mol. The Labute approximate surface area is 150 Å². The molecule has 0 spiro atoms. The van der Waals surface area contributed by atoms with Gasteiger partial charge in [0.15, 0.2) is 0 Å². The van der Waals surface area contributed by atoms with Crippen molar-refractivity contribution in [3.63, 3.8) is 0 Å². The van der Waals surface area contributed by atoms with E-state index in [4.69, 9.17) is 0 Å². The first-order valence-electron chi connectivity index (χ1n) is 8.36. The number of hydrogen-bond donors (Lipinski definition) is 2. The number of carbonyl (C=O) groups excluding carboxylic acids is 1. The minimum Gasteiger partial charge on any atom is -0.342 e. The molecule has 2 N–H and O–H groups in total. The Morgan fingerprint density at radius 1 is 1.19 bits per heavy atom. The zero-order valence-electron chi connectivity index (χ0n) is 14.3. The smallest absolute Gasteiger partial charge is 0.251 e. The van der Waals surface area contributed by atoms with Crippen molar-refractivity contribution in [3.8, 4) is 0 Å². The van der Waals surface area contributed by atoms with E-state index in [1.165, 1.54) is 6.33 Å². The van der Waals surface area contributed by atoms with E-state index in [1.54, 1.807) is 11.0 Å². The molecule has 0 radical (unpaired) electrons. The van der Waals surface area contributed by atoms with E-state index in [0.717, 1.165) is 22.4 Å². The molecule has 2 aromatic heterocycles. The number of H-pyrrole nitrogens is 1. The zero-order valence-corrected chi connectivity index (χ0v) is 14.3. The predicted molar refractivity (Wildman–Crippen MR) is 97.5 cm³/mol. The topological polar surface area (TPSA) is 88.5 Å². The van der Waals surface area contributed by atoms with E-state index < -0.39 is 0 Å². The van der Waals surface area contributed by atoms with Crippen molar-refractivity contribution in [3.05, 3.63) is 78.1 Å². The molecule has 0 aliphatic heterocycles. The van der Waals surface area contributed by atoms with Crippen LogP contribution in [-0.4, -0.2) is 30.6 Å². The number of carbonyl (C=O) groups is 1. The highest BCUT2D eigenvalue weighted by molar-refractivity contribution is 5.94. The lowest BCUT2D eigenvalue weighted by molar-refractivity contribution is 0.0938. The number of nitrogens with one attached hydrogen (secondary N) is 2. The van der Waals surface area contributed by atoms with E-state index in [9.17, 15) is 4.79 Å². The van der Waals surface area contributed by atoms with Gasteiger partial charge in [-0.3, -0.25) is 4.79 Å². The van der Waals surface area contributed by atoms with Crippen molar-refractivity contribution in [2.24, 2.45) is 0 Å². The van der Waals surface area contributed by atoms with Crippen LogP contribution in [0.15, 0.2) is 61.2 Å². The summed E-state index contributed by atoms with van der Waals surface area (Å²) in [5.74, 6) is 0.604. The first kappa shape index (κ1) is 16.0. The van der Waals surface area contributed by atoms with Crippen LogP contribution in [0.1, 0.15) is 34.7 Å². The summed E-state index contributed by atoms with van der Waals surface area (Å²) in [4.78, 5) is 24.2. The number of aromatic nitrogens is 5. The van der Waals surface area contributed by atoms with Gasteiger partial charge in [0.05, 0.1) is 23.6 Å². The summed E-state index contributed by atoms with van der Waals surface area (Å²) < 4.78 is 1.73. The van der Waals surface area contributed by atoms with Gasteiger partial charge in [-0.25, -0.2) is 14.6 Å². The Bertz CT molecular complexity index is 987. The zero-order chi connectivity index (χ0) is 17.9. The van der Waals surface area contributed by atoms with Crippen LogP contribution in [0.3, 0.4) is 0 Å². The molecule has 0 aliphatic carbocycles. The van der Waals surface area contributed by atoms with Crippen molar-refractivity contribution in [2.75, 3.05) is 0 Å². The fourth-order valence-corrected chi connectivity index (χ4v) is 2.79. The number of rotatable bonds is 5. The Morgan fingerprint density at radius 2 is 2.00 bits per heavy atom. The highest BCUT2D eigenvalue weighted by Crippen LogP contribution is 2.16. The van der Waals surface area contributed by atoms with Crippen molar-refractivity contribution < 1.29 is 4.79 Å². The molecule has 130 valence electrons. The second-order valence-electron chi connectivity index (χ2n) is 6.12. The SMILES string of the molecule is C[C@H](NC(=O)c1ccc(Cn2cncn2)cc1)c1nc2ccccc2[nH]1. The van der Waals surface area contributed by atoms with Crippen LogP contribution in [0.25, 0.3) is 11.0 Å². The van der Waals surface area contributed by atoms with Gasteiger partial charge in [-0.1, -0.05) is 24.3 Å². The number of fused-ring (bicyclic) bond motifs is 1. The highest BCUT2D eigenvalue weighted by atomic mass is 16.1. The first-order chi connectivity index (χ1) is 12.7. The third kappa shape index (κ3) is 3.32. The minimum absolute atomic E-state index is 0.134. The van der Waals surface area contributed by atoms with Gasteiger partial charge in [-0.15, -0.1) is 0 Å². The Hall–Kier alpha value is -3.48. The van der Waals surface area contributed by atoms with Gasteiger partial charge in [0.1, 0.15) is 18.5 Å². The fraction of sp³-hybridized carbons (Fsp3) is 0.158. The molecule has 4 aromatic rings. The largest absolute Gasteiger partial charge is 0.342 e. The summed E-state index contributed by atoms with van der Waals surface area (Å²) in [5.41, 5.74) is 3.51. The second-order valence-corrected chi connectivity index (χ2v) is 6.12. The van der Waals surface area contributed by atoms with Crippen molar-refractivity contribution >= 4 is 16.9 Å². The van der Waals surface area contributed by atoms with Crippen LogP contribution in [0.4, 0.5) is 0 Å². The number of nitrogens with zero attached hydrogens (tertiary/aromatic N) is 4. The summed E-state index contributed by atoms with van der Waals surface area (Å²) in [6.07, 6.45) is 3.16. The third-order valence-electron chi connectivity index (χ3n) is 4.19. The minimum atomic E-state index is -0.218. The summed E-state index contributed by atoms with van der Waals surface area (Å²) in [7, 11) is 0. The number of benzene rings is 2. The number of imidazole rings is 1. The molecule has 7 heteroatoms. The molecule has 7 nitrogen and oxygen atoms in total. The van der Waals surface area contributed by atoms with E-state index >= 15 is 0 Å². The van der Waals surface area contributed by atoms with E-state index in [-0.39, 0.29) is 11.9 Å². The Morgan fingerprint density at radius 3 is 2.73 bits per heavy atom. The quantitative estimate of drug-likeness (QED) is 0.581. The summed E-state index contributed by atoms with van der Waals surface area (Å²) in [6.45, 7) is 2.53. The molecule has 1 atom stereocenters. The molecule has 0 unspecified atom stereocenters. The van der Waals surface area contributed by atoms with Gasteiger partial charge in [-0.05, 0) is 36.8 Å². The lowest BCUT2D eigenvalue weighted by Gasteiger charge is -2.12. The molecule has 0 fully saturated rings. The normalized spacial score (nSPS) is 12.2. The first-order valence-corrected chi connectivity index (χ1v) is 8.36. The van der Waals surface area contributed by atoms with E-state index in [0.29, 0.717) is 12.1 Å². The monoisotopic (exact) mass is 346 g/mol. The molecule has 0 bridgehead atoms. The molecule has 2 heterocycles. The molecule has 0 aliphatic rings. The summed E-state index contributed by atoms with van der Waals surface area (Å²) in [6, 6.07) is 15.0. The molecule has 0 saturated heterocycles. The maximum atomic E-state index is 12.5. The van der Waals surface area contributed by atoms with Crippen molar-refractivity contribution in [2.45, 2.75) is 19.5 Å². The number of para-hydroxylation sites is 2. The fourth-order valence-electron chi connectivity index (χ4n) is 2.79. The standard InChI is InChI=1S/C19H18N6O/c1-13(18-23-16-4-2-3-5-17(16)24-18)22-19(26)15-8-6-14(7-9-15)10-25-12-20-11-21-25/h2-9,11-13H,10H2,1H3,(H,22,26)(H,23,24)/t13-/m0/s1. The Balaban J connectivity index is 1.43. The van der Waals surface area contributed by atoms with Gasteiger partial charge in [0, 0.05) is 5.56 Å². The molecule has 26 heavy (non-hydrogen) atoms. The molecule has 1 amide bonds. The van der Waals surface area contributed by atoms with E-state index in [1.807, 2.05) is 55.5 Å². The van der Waals surface area contributed by atoms with Gasteiger partial charge >= 0.3 is 0 Å². The number of aromatic amines is 1. The van der Waals surface area contributed by atoms with E-state index in [2.05, 4.69) is 25.4 Å². The maximum Gasteiger partial charge on any atom is 0.251 e.